The van der Waals surface area contributed by atoms with Gasteiger partial charge < -0.3 is 10.6 Å². The zero-order valence-corrected chi connectivity index (χ0v) is 13.8. The van der Waals surface area contributed by atoms with Gasteiger partial charge in [-0.2, -0.15) is 0 Å². The minimum absolute atomic E-state index is 0.0393. The van der Waals surface area contributed by atoms with Gasteiger partial charge in [-0.15, -0.1) is 0 Å². The number of sulfone groups is 1. The molecule has 120 valence electrons. The lowest BCUT2D eigenvalue weighted by Gasteiger charge is -2.27. The van der Waals surface area contributed by atoms with Crippen LogP contribution in [0.15, 0.2) is 24.3 Å². The van der Waals surface area contributed by atoms with Crippen LogP contribution in [0.25, 0.3) is 0 Å². The second kappa shape index (κ2) is 7.22. The van der Waals surface area contributed by atoms with Gasteiger partial charge in [0.15, 0.2) is 9.84 Å². The Morgan fingerprint density at radius 3 is 2.43 bits per heavy atom. The topological polar surface area (TPSA) is 63.4 Å². The summed E-state index contributed by atoms with van der Waals surface area (Å²) < 4.78 is 37.0. The van der Waals surface area contributed by atoms with Crippen molar-refractivity contribution in [1.29, 1.82) is 0 Å². The van der Waals surface area contributed by atoms with E-state index in [4.69, 9.17) is 5.73 Å². The van der Waals surface area contributed by atoms with E-state index in [0.29, 0.717) is 25.3 Å². The van der Waals surface area contributed by atoms with Crippen LogP contribution in [0.5, 0.6) is 0 Å². The molecule has 21 heavy (non-hydrogen) atoms. The number of benzene rings is 1. The highest BCUT2D eigenvalue weighted by molar-refractivity contribution is 7.92. The predicted molar refractivity (Wildman–Crippen MR) is 85.8 cm³/mol. The lowest BCUT2D eigenvalue weighted by molar-refractivity contribution is 0.558. The molecule has 4 nitrogen and oxygen atoms in total. The average molecular weight is 316 g/mol. The second-order valence-corrected chi connectivity index (χ2v) is 8.90. The monoisotopic (exact) mass is 316 g/mol. The Balaban J connectivity index is 2.85. The van der Waals surface area contributed by atoms with Crippen molar-refractivity contribution in [3.05, 3.63) is 30.1 Å². The van der Waals surface area contributed by atoms with Crippen LogP contribution in [0.4, 0.5) is 10.1 Å². The van der Waals surface area contributed by atoms with Crippen molar-refractivity contribution < 1.29 is 12.8 Å². The molecule has 0 fully saturated rings. The summed E-state index contributed by atoms with van der Waals surface area (Å²) in [6, 6.07) is 6.19. The van der Waals surface area contributed by atoms with Crippen molar-refractivity contribution in [2.24, 2.45) is 5.73 Å². The zero-order chi connectivity index (χ0) is 16.1. The number of hydrogen-bond donors (Lipinski definition) is 1. The van der Waals surface area contributed by atoms with Crippen LogP contribution >= 0.6 is 0 Å². The quantitative estimate of drug-likeness (QED) is 0.837. The highest BCUT2D eigenvalue weighted by atomic mass is 32.2. The van der Waals surface area contributed by atoms with E-state index in [1.807, 2.05) is 4.90 Å². The molecule has 0 heterocycles. The van der Waals surface area contributed by atoms with Gasteiger partial charge in [-0.1, -0.05) is 6.07 Å². The number of anilines is 1. The molecule has 0 aliphatic carbocycles. The van der Waals surface area contributed by atoms with Gasteiger partial charge in [-0.05, 0) is 51.9 Å². The van der Waals surface area contributed by atoms with Crippen molar-refractivity contribution in [2.75, 3.05) is 30.3 Å². The lowest BCUT2D eigenvalue weighted by atomic mass is 10.2. The van der Waals surface area contributed by atoms with Crippen LogP contribution in [0.2, 0.25) is 0 Å². The molecule has 0 saturated heterocycles. The number of hydrogen-bond acceptors (Lipinski definition) is 4. The van der Waals surface area contributed by atoms with Gasteiger partial charge >= 0.3 is 0 Å². The average Bonchev–Trinajstić information content (AvgIpc) is 2.37. The fraction of sp³-hybridized carbons (Fsp3) is 0.600. The Morgan fingerprint density at radius 1 is 1.24 bits per heavy atom. The maximum atomic E-state index is 13.3. The summed E-state index contributed by atoms with van der Waals surface area (Å²) in [6.45, 7) is 6.53. The van der Waals surface area contributed by atoms with Gasteiger partial charge in [0, 0.05) is 18.8 Å². The fourth-order valence-corrected chi connectivity index (χ4v) is 2.93. The normalized spacial score (nSPS) is 12.4. The van der Waals surface area contributed by atoms with Crippen molar-refractivity contribution in [3.63, 3.8) is 0 Å². The van der Waals surface area contributed by atoms with Crippen LogP contribution in [0, 0.1) is 5.82 Å². The molecule has 0 spiro atoms. The van der Waals surface area contributed by atoms with Gasteiger partial charge in [0.1, 0.15) is 5.82 Å². The lowest BCUT2D eigenvalue weighted by Crippen LogP contribution is -2.37. The molecule has 0 aromatic heterocycles. The summed E-state index contributed by atoms with van der Waals surface area (Å²) in [7, 11) is -3.20. The van der Waals surface area contributed by atoms with E-state index in [9.17, 15) is 12.8 Å². The first-order valence-corrected chi connectivity index (χ1v) is 8.75. The Bertz CT molecular complexity index is 553. The molecule has 0 atom stereocenters. The van der Waals surface area contributed by atoms with E-state index in [1.54, 1.807) is 32.9 Å². The molecular weight excluding hydrogens is 291 g/mol. The number of nitrogens with two attached hydrogens (primary N) is 1. The largest absolute Gasteiger partial charge is 0.370 e. The first-order valence-electron chi connectivity index (χ1n) is 7.10. The van der Waals surface area contributed by atoms with Gasteiger partial charge in [-0.25, -0.2) is 12.8 Å². The Morgan fingerprint density at radius 2 is 1.90 bits per heavy atom. The van der Waals surface area contributed by atoms with Gasteiger partial charge in [0.2, 0.25) is 0 Å². The van der Waals surface area contributed by atoms with Crippen molar-refractivity contribution >= 4 is 15.5 Å². The molecule has 6 heteroatoms. The third kappa shape index (κ3) is 5.28. The molecular formula is C15H25FN2O2S. The van der Waals surface area contributed by atoms with Crippen LogP contribution in [-0.4, -0.2) is 38.6 Å². The summed E-state index contributed by atoms with van der Waals surface area (Å²) in [6.07, 6.45) is 0.728. The van der Waals surface area contributed by atoms with Gasteiger partial charge in [0.05, 0.1) is 10.5 Å². The van der Waals surface area contributed by atoms with E-state index >= 15 is 0 Å². The number of halogens is 1. The smallest absolute Gasteiger partial charge is 0.156 e. The van der Waals surface area contributed by atoms with Crippen LogP contribution in [-0.2, 0) is 9.84 Å². The van der Waals surface area contributed by atoms with Crippen molar-refractivity contribution in [3.8, 4) is 0 Å². The van der Waals surface area contributed by atoms with E-state index in [-0.39, 0.29) is 11.6 Å². The molecule has 0 radical (unpaired) electrons. The zero-order valence-electron chi connectivity index (χ0n) is 13.0. The highest BCUT2D eigenvalue weighted by Gasteiger charge is 2.29. The molecule has 0 aliphatic heterocycles. The summed E-state index contributed by atoms with van der Waals surface area (Å²) >= 11 is 0. The first kappa shape index (κ1) is 17.9. The molecule has 0 unspecified atom stereocenters. The molecule has 1 aromatic carbocycles. The standard InChI is InChI=1S/C15H25FN2O2S/c1-15(2,3)21(19,20)11-10-18(9-5-8-17)14-7-4-6-13(16)12-14/h4,6-7,12H,5,8-11,17H2,1-3H3. The molecule has 2 N–H and O–H groups in total. The van der Waals surface area contributed by atoms with E-state index in [0.717, 1.165) is 6.42 Å². The highest BCUT2D eigenvalue weighted by Crippen LogP contribution is 2.19. The summed E-state index contributed by atoms with van der Waals surface area (Å²) in [4.78, 5) is 1.87. The molecule has 1 aromatic rings. The van der Waals surface area contributed by atoms with Crippen LogP contribution in [0.3, 0.4) is 0 Å². The summed E-state index contributed by atoms with van der Waals surface area (Å²) in [5.74, 6) is -0.290. The third-order valence-electron chi connectivity index (χ3n) is 3.37. The van der Waals surface area contributed by atoms with E-state index < -0.39 is 14.6 Å². The van der Waals surface area contributed by atoms with Crippen molar-refractivity contribution in [1.82, 2.24) is 0 Å². The first-order chi connectivity index (χ1) is 9.67. The third-order valence-corrected chi connectivity index (χ3v) is 5.95. The van der Waals surface area contributed by atoms with Crippen molar-refractivity contribution in [2.45, 2.75) is 31.9 Å². The minimum Gasteiger partial charge on any atom is -0.370 e. The molecule has 0 saturated carbocycles. The maximum Gasteiger partial charge on any atom is 0.156 e. The van der Waals surface area contributed by atoms with E-state index in [1.165, 1.54) is 12.1 Å². The minimum atomic E-state index is -3.20. The summed E-state index contributed by atoms with van der Waals surface area (Å²) in [5, 5.41) is 0. The predicted octanol–water partition coefficient (Wildman–Crippen LogP) is 2.19. The van der Waals surface area contributed by atoms with Crippen LogP contribution < -0.4 is 10.6 Å². The Kier molecular flexibility index (Phi) is 6.16. The molecule has 1 rings (SSSR count). The molecule has 0 amide bonds. The maximum absolute atomic E-state index is 13.3. The fourth-order valence-electron chi connectivity index (χ4n) is 1.86. The van der Waals surface area contributed by atoms with E-state index in [2.05, 4.69) is 0 Å². The number of nitrogens with zero attached hydrogens (tertiary/aromatic N) is 1. The molecule has 0 aliphatic rings. The van der Waals surface area contributed by atoms with Crippen LogP contribution in [0.1, 0.15) is 27.2 Å². The Hall–Kier alpha value is -1.14. The Labute approximate surface area is 127 Å². The summed E-state index contributed by atoms with van der Waals surface area (Å²) in [5.41, 5.74) is 6.20. The number of rotatable bonds is 7. The second-order valence-electron chi connectivity index (χ2n) is 6.04. The van der Waals surface area contributed by atoms with Gasteiger partial charge in [-0.3, -0.25) is 0 Å². The van der Waals surface area contributed by atoms with Gasteiger partial charge in [0.25, 0.3) is 0 Å². The molecule has 0 bridgehead atoms. The SMILES string of the molecule is CC(C)(C)S(=O)(=O)CCN(CCCN)c1cccc(F)c1.